The van der Waals surface area contributed by atoms with E-state index in [2.05, 4.69) is 10.6 Å². The van der Waals surface area contributed by atoms with Crippen LogP contribution in [0.5, 0.6) is 5.75 Å². The molecule has 39 heavy (non-hydrogen) atoms. The average molecular weight is 536 g/mol. The molecule has 0 saturated carbocycles. The lowest BCUT2D eigenvalue weighted by molar-refractivity contribution is 0.0755. The Morgan fingerprint density at radius 1 is 1.03 bits per heavy atom. The molecule has 0 fully saturated rings. The number of furan rings is 1. The largest absolute Gasteiger partial charge is 0.497 e. The molecule has 3 rings (SSSR count). The van der Waals surface area contributed by atoms with Gasteiger partial charge in [-0.1, -0.05) is 26.0 Å². The van der Waals surface area contributed by atoms with Crippen LogP contribution in [0.2, 0.25) is 0 Å². The van der Waals surface area contributed by atoms with Crippen LogP contribution in [-0.4, -0.2) is 60.7 Å². The van der Waals surface area contributed by atoms with E-state index in [-0.39, 0.29) is 18.4 Å². The fourth-order valence-corrected chi connectivity index (χ4v) is 4.54. The fourth-order valence-electron chi connectivity index (χ4n) is 4.54. The highest BCUT2D eigenvalue weighted by Gasteiger charge is 2.24. The van der Waals surface area contributed by atoms with E-state index in [0.717, 1.165) is 29.7 Å². The van der Waals surface area contributed by atoms with Gasteiger partial charge in [-0.25, -0.2) is 0 Å². The number of nitrogens with one attached hydrogen (secondary N) is 2. The Balaban J connectivity index is 1.72. The molecule has 2 atom stereocenters. The lowest BCUT2D eigenvalue weighted by Gasteiger charge is -2.25. The summed E-state index contributed by atoms with van der Waals surface area (Å²) in [6, 6.07) is 15.9. The Morgan fingerprint density at radius 3 is 2.44 bits per heavy atom. The predicted molar refractivity (Wildman–Crippen MR) is 152 cm³/mol. The van der Waals surface area contributed by atoms with Gasteiger partial charge in [0.15, 0.2) is 0 Å². The molecule has 2 aromatic carbocycles. The third kappa shape index (κ3) is 8.97. The Morgan fingerprint density at radius 2 is 1.77 bits per heavy atom. The van der Waals surface area contributed by atoms with E-state index in [4.69, 9.17) is 9.15 Å². The summed E-state index contributed by atoms with van der Waals surface area (Å²) < 4.78 is 10.8. The second-order valence-corrected chi connectivity index (χ2v) is 9.79. The van der Waals surface area contributed by atoms with E-state index in [9.17, 15) is 14.7 Å². The summed E-state index contributed by atoms with van der Waals surface area (Å²) >= 11 is 0. The summed E-state index contributed by atoms with van der Waals surface area (Å²) in [5.41, 5.74) is 2.71. The second-order valence-electron chi connectivity index (χ2n) is 9.79. The Kier molecular flexibility index (Phi) is 11.6. The van der Waals surface area contributed by atoms with Crippen LogP contribution < -0.4 is 15.4 Å². The molecular weight excluding hydrogens is 494 g/mol. The van der Waals surface area contributed by atoms with Gasteiger partial charge in [-0.3, -0.25) is 9.59 Å². The smallest absolute Gasteiger partial charge is 0.253 e. The Bertz CT molecular complexity index is 1190. The molecule has 1 heterocycles. The average Bonchev–Trinajstić information content (AvgIpc) is 3.45. The topological polar surface area (TPSA) is 104 Å². The van der Waals surface area contributed by atoms with Crippen LogP contribution in [0.25, 0.3) is 0 Å². The molecule has 0 unspecified atom stereocenters. The molecule has 210 valence electrons. The van der Waals surface area contributed by atoms with E-state index < -0.39 is 12.1 Å². The Labute approximate surface area is 231 Å². The van der Waals surface area contributed by atoms with Gasteiger partial charge in [-0.05, 0) is 73.4 Å². The van der Waals surface area contributed by atoms with Crippen molar-refractivity contribution < 1.29 is 23.8 Å². The maximum absolute atomic E-state index is 13.4. The Hall–Kier alpha value is -3.62. The molecule has 0 aliphatic heterocycles. The van der Waals surface area contributed by atoms with Crippen LogP contribution in [0.1, 0.15) is 64.3 Å². The number of benzene rings is 2. The number of carbonyl (C=O) groups excluding carboxylic acids is 2. The van der Waals surface area contributed by atoms with Gasteiger partial charge < -0.3 is 29.8 Å². The van der Waals surface area contributed by atoms with Gasteiger partial charge in [-0.2, -0.15) is 0 Å². The molecule has 0 saturated heterocycles. The van der Waals surface area contributed by atoms with Crippen molar-refractivity contribution in [3.8, 4) is 5.75 Å². The molecule has 8 heteroatoms. The SMILES string of the molecule is CCCN(CCC)C(=O)c1cc(C)cc(C(=O)N[C@@H](Cc2ccco2)[C@H](O)CNCc2cccc(OC)c2)c1. The molecule has 8 nitrogen and oxygen atoms in total. The quantitative estimate of drug-likeness (QED) is 0.267. The second kappa shape index (κ2) is 15.1. The number of hydrogen-bond donors (Lipinski definition) is 3. The zero-order valence-electron chi connectivity index (χ0n) is 23.4. The van der Waals surface area contributed by atoms with E-state index in [1.165, 1.54) is 0 Å². The van der Waals surface area contributed by atoms with E-state index >= 15 is 0 Å². The van der Waals surface area contributed by atoms with E-state index in [1.807, 2.05) is 62.1 Å². The number of aliphatic hydroxyl groups excluding tert-OH is 1. The molecule has 3 N–H and O–H groups in total. The number of carbonyl (C=O) groups is 2. The minimum Gasteiger partial charge on any atom is -0.497 e. The predicted octanol–water partition coefficient (Wildman–Crippen LogP) is 4.35. The first-order chi connectivity index (χ1) is 18.8. The van der Waals surface area contributed by atoms with Gasteiger partial charge in [0, 0.05) is 43.7 Å². The molecule has 0 spiro atoms. The normalized spacial score (nSPS) is 12.5. The van der Waals surface area contributed by atoms with Crippen LogP contribution in [0.4, 0.5) is 0 Å². The van der Waals surface area contributed by atoms with Crippen LogP contribution in [0.3, 0.4) is 0 Å². The first-order valence-corrected chi connectivity index (χ1v) is 13.6. The third-order valence-electron chi connectivity index (χ3n) is 6.46. The van der Waals surface area contributed by atoms with Crippen LogP contribution >= 0.6 is 0 Å². The van der Waals surface area contributed by atoms with Crippen molar-refractivity contribution in [2.45, 2.75) is 58.7 Å². The number of aryl methyl sites for hydroxylation is 1. The molecule has 0 aliphatic carbocycles. The van der Waals surface area contributed by atoms with E-state index in [1.54, 1.807) is 31.6 Å². The first-order valence-electron chi connectivity index (χ1n) is 13.6. The van der Waals surface area contributed by atoms with Gasteiger partial charge in [0.05, 0.1) is 25.5 Å². The van der Waals surface area contributed by atoms with Crippen LogP contribution in [0.15, 0.2) is 65.3 Å². The number of aliphatic hydroxyl groups is 1. The van der Waals surface area contributed by atoms with E-state index in [0.29, 0.717) is 42.9 Å². The molecular formula is C31H41N3O5. The lowest BCUT2D eigenvalue weighted by Crippen LogP contribution is -2.48. The summed E-state index contributed by atoms with van der Waals surface area (Å²) in [7, 11) is 1.62. The van der Waals surface area contributed by atoms with Crippen molar-refractivity contribution in [2.75, 3.05) is 26.7 Å². The summed E-state index contributed by atoms with van der Waals surface area (Å²) in [4.78, 5) is 28.4. The van der Waals surface area contributed by atoms with Gasteiger partial charge >= 0.3 is 0 Å². The number of amides is 2. The number of nitrogens with zero attached hydrogens (tertiary/aromatic N) is 1. The maximum atomic E-state index is 13.4. The molecule has 2 amide bonds. The van der Waals surface area contributed by atoms with Crippen molar-refractivity contribution in [3.63, 3.8) is 0 Å². The molecule has 3 aromatic rings. The fraction of sp³-hybridized carbons (Fsp3) is 0.419. The zero-order chi connectivity index (χ0) is 28.2. The molecule has 0 bridgehead atoms. The molecule has 0 radical (unpaired) electrons. The summed E-state index contributed by atoms with van der Waals surface area (Å²) in [6.07, 6.45) is 2.73. The van der Waals surface area contributed by atoms with Crippen LogP contribution in [-0.2, 0) is 13.0 Å². The molecule has 0 aliphatic rings. The highest BCUT2D eigenvalue weighted by molar-refractivity contribution is 6.00. The summed E-state index contributed by atoms with van der Waals surface area (Å²) in [5, 5.41) is 17.3. The van der Waals surface area contributed by atoms with Gasteiger partial charge in [0.25, 0.3) is 11.8 Å². The standard InChI is InChI=1S/C31H41N3O5/c1-5-12-34(13-6-2)31(37)25-16-22(3)15-24(18-25)30(36)33-28(19-27-11-8-14-39-27)29(35)21-32-20-23-9-7-10-26(17-23)38-4/h7-11,14-18,28-29,32,35H,5-6,12-13,19-21H2,1-4H3,(H,33,36)/t28-,29+/m0/s1. The monoisotopic (exact) mass is 535 g/mol. The van der Waals surface area contributed by atoms with Crippen molar-refractivity contribution >= 4 is 11.8 Å². The number of methoxy groups -OCH3 is 1. The number of ether oxygens (including phenoxy) is 1. The molecule has 1 aromatic heterocycles. The van der Waals surface area contributed by atoms with Gasteiger partial charge in [-0.15, -0.1) is 0 Å². The minimum atomic E-state index is -0.889. The van der Waals surface area contributed by atoms with Gasteiger partial charge in [0.2, 0.25) is 0 Å². The summed E-state index contributed by atoms with van der Waals surface area (Å²) in [6.45, 7) is 8.08. The van der Waals surface area contributed by atoms with Crippen molar-refractivity contribution in [1.82, 2.24) is 15.5 Å². The highest BCUT2D eigenvalue weighted by Crippen LogP contribution is 2.16. The summed E-state index contributed by atoms with van der Waals surface area (Å²) in [5.74, 6) is 0.988. The van der Waals surface area contributed by atoms with Gasteiger partial charge in [0.1, 0.15) is 11.5 Å². The first kappa shape index (κ1) is 29.9. The van der Waals surface area contributed by atoms with Crippen molar-refractivity contribution in [3.05, 3.63) is 88.9 Å². The highest BCUT2D eigenvalue weighted by atomic mass is 16.5. The lowest BCUT2D eigenvalue weighted by atomic mass is 10.0. The van der Waals surface area contributed by atoms with Crippen LogP contribution in [0, 0.1) is 6.92 Å². The number of rotatable bonds is 15. The third-order valence-corrected chi connectivity index (χ3v) is 6.46. The minimum absolute atomic E-state index is 0.0784. The zero-order valence-corrected chi connectivity index (χ0v) is 23.4. The number of hydrogen-bond acceptors (Lipinski definition) is 6. The van der Waals surface area contributed by atoms with Crippen molar-refractivity contribution in [1.29, 1.82) is 0 Å². The van der Waals surface area contributed by atoms with Crippen molar-refractivity contribution in [2.24, 2.45) is 0 Å². The maximum Gasteiger partial charge on any atom is 0.253 e.